The maximum atomic E-state index is 15.4. The van der Waals surface area contributed by atoms with Crippen LogP contribution in [0.15, 0.2) is 30.3 Å². The summed E-state index contributed by atoms with van der Waals surface area (Å²) in [4.78, 5) is 14.4. The highest BCUT2D eigenvalue weighted by Crippen LogP contribution is 2.97. The molecule has 0 saturated heterocycles. The fourth-order valence-corrected chi connectivity index (χ4v) is 27.7. The number of halogens is 5. The number of rotatable bonds is 6. The molecule has 0 aliphatic heterocycles. The molecule has 0 bridgehead atoms. The van der Waals surface area contributed by atoms with E-state index < -0.39 is 57.0 Å². The lowest BCUT2D eigenvalue weighted by molar-refractivity contribution is -0.135. The van der Waals surface area contributed by atoms with Gasteiger partial charge in [-0.2, -0.15) is 8.78 Å². The van der Waals surface area contributed by atoms with Crippen LogP contribution >= 0.6 is 0 Å². The maximum absolute atomic E-state index is 15.4. The summed E-state index contributed by atoms with van der Waals surface area (Å²) in [6.07, 6.45) is 0.453. The van der Waals surface area contributed by atoms with Gasteiger partial charge in [-0.1, -0.05) is 30.3 Å². The summed E-state index contributed by atoms with van der Waals surface area (Å²) in [6.45, 7) is 0. The van der Waals surface area contributed by atoms with Gasteiger partial charge in [-0.3, -0.25) is 4.79 Å². The van der Waals surface area contributed by atoms with Crippen LogP contribution < -0.4 is 4.74 Å². The summed E-state index contributed by atoms with van der Waals surface area (Å²) in [5, 5.41) is 81.0. The van der Waals surface area contributed by atoms with E-state index in [2.05, 4.69) is 30.3 Å². The summed E-state index contributed by atoms with van der Waals surface area (Å²) in [7, 11) is 0. The summed E-state index contributed by atoms with van der Waals surface area (Å²) >= 11 is 0. The highest BCUT2D eigenvalue weighted by Gasteiger charge is 2.94. The Labute approximate surface area is 454 Å². The van der Waals surface area contributed by atoms with E-state index in [-0.39, 0.29) is 12.8 Å². The molecular formula is C77H11F5O2. The van der Waals surface area contributed by atoms with Crippen molar-refractivity contribution < 1.29 is 31.5 Å². The highest BCUT2D eigenvalue weighted by molar-refractivity contribution is 6.82. The van der Waals surface area contributed by atoms with Crippen LogP contribution in [-0.2, 0) is 21.0 Å². The lowest BCUT2D eigenvalue weighted by atomic mass is 9.68. The summed E-state index contributed by atoms with van der Waals surface area (Å²) in [5.74, 6) is -13.5. The first-order valence-corrected chi connectivity index (χ1v) is 29.9. The highest BCUT2D eigenvalue weighted by atomic mass is 19.2. The molecule has 1 fully saturated rings. The van der Waals surface area contributed by atoms with E-state index in [1.54, 1.807) is 10.8 Å². The SMILES string of the molecule is O=C(CCCC1(c2ccccc2)C23c4c5c6c7c8c9c(c%10c%11c2c2c4c4c%12c5c5c6c6c8c8c%13c9c9c%10c%10c%11c%11c2c2c4c4c%12c%12c5c5c6c8c6c8c%13c9c9c%10c%10c%11c2c2c4c4c%12c5c6c5c8c9c%10c2c45)C713)Oc1c(F)c(F)c(F)c(F)c1F. The van der Waals surface area contributed by atoms with E-state index in [9.17, 15) is 18.0 Å². The average Bonchev–Trinajstić information content (AvgIpc) is 1.36. The minimum atomic E-state index is -2.29. The molecular weight excluding hydrogens is 1050 g/mol. The molecule has 0 heterocycles. The molecule has 0 N–H and O–H groups in total. The predicted molar refractivity (Wildman–Crippen MR) is 328 cm³/mol. The lowest BCUT2D eigenvalue weighted by Gasteiger charge is -2.32. The minimum Gasteiger partial charge on any atom is -0.420 e. The molecule has 30 aromatic carbocycles. The second-order valence-corrected chi connectivity index (χ2v) is 28.7. The smallest absolute Gasteiger partial charge is 0.311 e. The molecule has 5 aliphatic carbocycles. The van der Waals surface area contributed by atoms with Crippen molar-refractivity contribution in [3.63, 3.8) is 0 Å². The fourth-order valence-electron chi connectivity index (χ4n) is 27.7. The van der Waals surface area contributed by atoms with E-state index in [0.29, 0.717) is 6.42 Å². The van der Waals surface area contributed by atoms with Gasteiger partial charge in [0.05, 0.1) is 0 Å². The first-order chi connectivity index (χ1) is 41.4. The summed E-state index contributed by atoms with van der Waals surface area (Å²) in [6, 6.07) is 11.2. The quantitative estimate of drug-likeness (QED) is 0.0414. The Morgan fingerprint density at radius 2 is 0.488 bits per heavy atom. The van der Waals surface area contributed by atoms with Crippen molar-refractivity contribution in [1.29, 1.82) is 0 Å². The van der Waals surface area contributed by atoms with Crippen molar-refractivity contribution in [2.24, 2.45) is 0 Å². The molecule has 84 heavy (non-hydrogen) atoms. The molecule has 0 radical (unpaired) electrons. The zero-order valence-electron chi connectivity index (χ0n) is 42.2. The molecule has 1 saturated carbocycles. The third-order valence-corrected chi connectivity index (χ3v) is 28.1. The van der Waals surface area contributed by atoms with Crippen molar-refractivity contribution in [2.45, 2.75) is 35.5 Å². The van der Waals surface area contributed by atoms with E-state index in [4.69, 9.17) is 4.74 Å². The van der Waals surface area contributed by atoms with Crippen molar-refractivity contribution in [2.75, 3.05) is 0 Å². The van der Waals surface area contributed by atoms with Crippen LogP contribution in [0.1, 0.15) is 47.1 Å². The van der Waals surface area contributed by atoms with Gasteiger partial charge in [0.2, 0.25) is 34.8 Å². The average molecular weight is 1060 g/mol. The van der Waals surface area contributed by atoms with E-state index in [1.165, 1.54) is 308 Å². The summed E-state index contributed by atoms with van der Waals surface area (Å²) < 4.78 is 80.0. The maximum Gasteiger partial charge on any atom is 0.311 e. The van der Waals surface area contributed by atoms with Crippen LogP contribution in [0.25, 0.3) is 291 Å². The van der Waals surface area contributed by atoms with Crippen molar-refractivity contribution in [3.8, 4) is 5.75 Å². The Kier molecular flexibility index (Phi) is 3.36. The lowest BCUT2D eigenvalue weighted by Crippen LogP contribution is -2.27. The fraction of sp³-hybridized carbons (Fsp3) is 0.0779. The van der Waals surface area contributed by atoms with Gasteiger partial charge < -0.3 is 4.74 Å². The molecule has 0 amide bonds. The van der Waals surface area contributed by atoms with E-state index in [1.807, 2.05) is 0 Å². The van der Waals surface area contributed by atoms with Gasteiger partial charge in [0.25, 0.3) is 0 Å². The Hall–Kier alpha value is -9.98. The number of hydrogen-bond acceptors (Lipinski definition) is 2. The standard InChI is InChI=1S/C77H11F5O2/c78-69-70(79)72(81)74(73(82)71(69)80)84-10(83)7-4-8-75(9-5-2-1-3-6-9)76-65-57-49-39-29-21-13-11-12-15-19-17(13)25-33-27(19)37-31-23(15)24-16(12)20-18-14(11)22(21)30-36-26(18)34-28(20)38-32(24)42-41(31)51-45(37)55-47(33)53(43(49)35(25)29)61(65)63(55)67-59(51)60-52(42)46(38)56-48(34)54-44(36)50(40(30)39)58(57)66(76)62(54)64(56)68(60)77(67,75)76/h1-3,5-6H,4,7-8H2. The Morgan fingerprint density at radius 3 is 0.714 bits per heavy atom. The van der Waals surface area contributed by atoms with Crippen molar-refractivity contribution >= 4 is 297 Å². The third-order valence-electron chi connectivity index (χ3n) is 28.1. The minimum absolute atomic E-state index is 0.245. The van der Waals surface area contributed by atoms with Gasteiger partial charge >= 0.3 is 5.97 Å². The van der Waals surface area contributed by atoms with Gasteiger partial charge in [-0.25, -0.2) is 13.2 Å². The first kappa shape index (κ1) is 34.5. The van der Waals surface area contributed by atoms with Gasteiger partial charge in [0.15, 0.2) is 0 Å². The zero-order chi connectivity index (χ0) is 52.0. The van der Waals surface area contributed by atoms with Gasteiger partial charge in [-0.15, -0.1) is 0 Å². The van der Waals surface area contributed by atoms with Crippen LogP contribution in [0, 0.1) is 29.1 Å². The number of ether oxygens (including phenoxy) is 1. The van der Waals surface area contributed by atoms with Crippen LogP contribution in [0.5, 0.6) is 5.75 Å². The second kappa shape index (κ2) is 8.19. The van der Waals surface area contributed by atoms with Gasteiger partial charge in [0.1, 0.15) is 0 Å². The molecule has 35 rings (SSSR count). The predicted octanol–water partition coefficient (Wildman–Crippen LogP) is 20.7. The van der Waals surface area contributed by atoms with E-state index >= 15 is 8.78 Å². The van der Waals surface area contributed by atoms with Crippen LogP contribution in [0.2, 0.25) is 0 Å². The van der Waals surface area contributed by atoms with Gasteiger partial charge in [-0.05, 0) is 332 Å². The Balaban J connectivity index is 0.909. The molecule has 2 spiro atoms. The second-order valence-electron chi connectivity index (χ2n) is 28.7. The molecule has 366 valence electrons. The number of esters is 1. The van der Waals surface area contributed by atoms with Crippen LogP contribution in [-0.4, -0.2) is 5.97 Å². The number of carbonyl (C=O) groups excluding carboxylic acids is 1. The first-order valence-electron chi connectivity index (χ1n) is 29.9. The monoisotopic (exact) mass is 1060 g/mol. The van der Waals surface area contributed by atoms with Crippen molar-refractivity contribution in [3.05, 3.63) is 87.2 Å². The number of benzene rings is 20. The Bertz CT molecular complexity index is 7640. The largest absolute Gasteiger partial charge is 0.420 e. The third kappa shape index (κ3) is 1.98. The topological polar surface area (TPSA) is 26.3 Å². The number of carbonyl (C=O) groups is 1. The molecule has 0 unspecified atom stereocenters. The van der Waals surface area contributed by atoms with Crippen LogP contribution in [0.4, 0.5) is 22.0 Å². The van der Waals surface area contributed by atoms with Gasteiger partial charge in [0, 0.05) is 22.7 Å². The number of hydrogen-bond donors (Lipinski definition) is 0. The molecule has 2 nitrogen and oxygen atoms in total. The normalized spacial score (nSPS) is 22.2. The van der Waals surface area contributed by atoms with Crippen molar-refractivity contribution in [1.82, 2.24) is 0 Å². The zero-order valence-corrected chi connectivity index (χ0v) is 42.2. The van der Waals surface area contributed by atoms with E-state index in [0.717, 1.165) is 0 Å². The summed E-state index contributed by atoms with van der Waals surface area (Å²) in [5.41, 5.74) is 5.16. The molecule has 7 heteroatoms. The molecule has 30 aromatic rings. The molecule has 5 aliphatic rings. The molecule has 0 atom stereocenters. The van der Waals surface area contributed by atoms with Crippen LogP contribution in [0.3, 0.4) is 0 Å². The Morgan fingerprint density at radius 1 is 0.286 bits per heavy atom. The molecule has 0 aromatic heterocycles.